The van der Waals surface area contributed by atoms with E-state index in [1.54, 1.807) is 0 Å². The largest absolute Gasteiger partial charge is 0.379 e. The molecule has 0 aromatic heterocycles. The van der Waals surface area contributed by atoms with E-state index in [0.717, 1.165) is 65.2 Å². The van der Waals surface area contributed by atoms with Crippen LogP contribution in [0.4, 0.5) is 0 Å². The fourth-order valence-electron chi connectivity index (χ4n) is 2.74. The van der Waals surface area contributed by atoms with Crippen LogP contribution >= 0.6 is 24.8 Å². The third-order valence-electron chi connectivity index (χ3n) is 3.92. The van der Waals surface area contributed by atoms with Gasteiger partial charge >= 0.3 is 0 Å². The Morgan fingerprint density at radius 2 is 2.00 bits per heavy atom. The first-order valence-corrected chi connectivity index (χ1v) is 7.65. The minimum Gasteiger partial charge on any atom is -0.379 e. The Balaban J connectivity index is 0.00000200. The van der Waals surface area contributed by atoms with Gasteiger partial charge in [-0.15, -0.1) is 24.8 Å². The zero-order valence-corrected chi connectivity index (χ0v) is 14.3. The van der Waals surface area contributed by atoms with Crippen molar-refractivity contribution in [1.29, 1.82) is 0 Å². The third kappa shape index (κ3) is 8.83. The lowest BCUT2D eigenvalue weighted by Gasteiger charge is -2.26. The van der Waals surface area contributed by atoms with Gasteiger partial charge in [0, 0.05) is 32.1 Å². The van der Waals surface area contributed by atoms with E-state index in [0.29, 0.717) is 12.5 Å². The summed E-state index contributed by atoms with van der Waals surface area (Å²) in [5, 5.41) is 6.38. The average Bonchev–Trinajstić information content (AvgIpc) is 2.92. The molecule has 1 amide bonds. The molecule has 0 aromatic rings. The SMILES string of the molecule is Cl.Cl.O=C(CC1CCCN1)NCCCCN1CCOCC1. The molecule has 0 saturated carbocycles. The highest BCUT2D eigenvalue weighted by atomic mass is 35.5. The zero-order valence-electron chi connectivity index (χ0n) is 12.6. The number of unbranched alkanes of at least 4 members (excludes halogenated alkanes) is 1. The molecule has 0 aliphatic carbocycles. The van der Waals surface area contributed by atoms with Crippen LogP contribution in [-0.4, -0.2) is 62.8 Å². The number of morpholine rings is 1. The normalized spacial score (nSPS) is 22.2. The van der Waals surface area contributed by atoms with Crippen LogP contribution in [0.5, 0.6) is 0 Å². The van der Waals surface area contributed by atoms with E-state index >= 15 is 0 Å². The van der Waals surface area contributed by atoms with Crippen molar-refractivity contribution in [3.8, 4) is 0 Å². The lowest BCUT2D eigenvalue weighted by atomic mass is 10.1. The molecule has 2 fully saturated rings. The fourth-order valence-corrected chi connectivity index (χ4v) is 2.74. The molecule has 126 valence electrons. The van der Waals surface area contributed by atoms with Crippen LogP contribution < -0.4 is 10.6 Å². The maximum atomic E-state index is 11.7. The van der Waals surface area contributed by atoms with Crippen molar-refractivity contribution in [2.24, 2.45) is 0 Å². The molecule has 1 unspecified atom stereocenters. The number of nitrogens with zero attached hydrogens (tertiary/aromatic N) is 1. The predicted octanol–water partition coefficient (Wildman–Crippen LogP) is 1.20. The molecule has 1 atom stereocenters. The lowest BCUT2D eigenvalue weighted by Crippen LogP contribution is -2.37. The van der Waals surface area contributed by atoms with E-state index in [1.807, 2.05) is 0 Å². The van der Waals surface area contributed by atoms with E-state index in [2.05, 4.69) is 15.5 Å². The highest BCUT2D eigenvalue weighted by molar-refractivity contribution is 5.85. The average molecular weight is 342 g/mol. The Labute approximate surface area is 140 Å². The van der Waals surface area contributed by atoms with Crippen LogP contribution in [0.15, 0.2) is 0 Å². The Morgan fingerprint density at radius 1 is 1.24 bits per heavy atom. The molecule has 7 heteroatoms. The fraction of sp³-hybridized carbons (Fsp3) is 0.929. The molecule has 2 aliphatic heterocycles. The molecular weight excluding hydrogens is 313 g/mol. The number of ether oxygens (including phenoxy) is 1. The Kier molecular flexibility index (Phi) is 12.4. The molecule has 2 saturated heterocycles. The van der Waals surface area contributed by atoms with Crippen LogP contribution in [-0.2, 0) is 9.53 Å². The van der Waals surface area contributed by atoms with Crippen LogP contribution in [0.3, 0.4) is 0 Å². The van der Waals surface area contributed by atoms with Gasteiger partial charge in [0.25, 0.3) is 0 Å². The maximum absolute atomic E-state index is 11.7. The van der Waals surface area contributed by atoms with Gasteiger partial charge in [0.05, 0.1) is 13.2 Å². The first-order valence-electron chi connectivity index (χ1n) is 7.65. The van der Waals surface area contributed by atoms with Gasteiger partial charge in [-0.25, -0.2) is 0 Å². The molecule has 2 rings (SSSR count). The van der Waals surface area contributed by atoms with Crippen LogP contribution in [0.1, 0.15) is 32.1 Å². The number of carbonyl (C=O) groups is 1. The smallest absolute Gasteiger partial charge is 0.221 e. The lowest BCUT2D eigenvalue weighted by molar-refractivity contribution is -0.121. The summed E-state index contributed by atoms with van der Waals surface area (Å²) in [6.45, 7) is 6.85. The highest BCUT2D eigenvalue weighted by Gasteiger charge is 2.17. The molecule has 0 bridgehead atoms. The van der Waals surface area contributed by atoms with E-state index in [1.165, 1.54) is 6.42 Å². The first kappa shape index (κ1) is 20.9. The van der Waals surface area contributed by atoms with Crippen LogP contribution in [0.2, 0.25) is 0 Å². The summed E-state index contributed by atoms with van der Waals surface area (Å²) in [6, 6.07) is 0.411. The summed E-state index contributed by atoms with van der Waals surface area (Å²) < 4.78 is 5.32. The van der Waals surface area contributed by atoms with E-state index in [-0.39, 0.29) is 30.7 Å². The Hall–Kier alpha value is -0.0700. The quantitative estimate of drug-likeness (QED) is 0.683. The second kappa shape index (κ2) is 12.5. The van der Waals surface area contributed by atoms with Crippen molar-refractivity contribution < 1.29 is 9.53 Å². The number of nitrogens with one attached hydrogen (secondary N) is 2. The van der Waals surface area contributed by atoms with Crippen LogP contribution in [0.25, 0.3) is 0 Å². The second-order valence-electron chi connectivity index (χ2n) is 5.51. The second-order valence-corrected chi connectivity index (χ2v) is 5.51. The summed E-state index contributed by atoms with van der Waals surface area (Å²) in [5.74, 6) is 0.200. The van der Waals surface area contributed by atoms with Gasteiger partial charge < -0.3 is 15.4 Å². The highest BCUT2D eigenvalue weighted by Crippen LogP contribution is 2.08. The molecule has 5 nitrogen and oxygen atoms in total. The summed E-state index contributed by atoms with van der Waals surface area (Å²) in [7, 11) is 0. The number of hydrogen-bond donors (Lipinski definition) is 2. The number of hydrogen-bond acceptors (Lipinski definition) is 4. The van der Waals surface area contributed by atoms with E-state index in [4.69, 9.17) is 4.74 Å². The summed E-state index contributed by atoms with van der Waals surface area (Å²) in [6.07, 6.45) is 5.22. The van der Waals surface area contributed by atoms with Crippen molar-refractivity contribution in [2.75, 3.05) is 45.9 Å². The zero-order chi connectivity index (χ0) is 13.3. The van der Waals surface area contributed by atoms with E-state index < -0.39 is 0 Å². The standard InChI is InChI=1S/C14H27N3O2.2ClH/c18-14(12-13-4-3-6-15-13)16-5-1-2-7-17-8-10-19-11-9-17;;/h13,15H,1-12H2,(H,16,18);2*1H. The summed E-state index contributed by atoms with van der Waals surface area (Å²) in [5.41, 5.74) is 0. The van der Waals surface area contributed by atoms with Crippen molar-refractivity contribution in [3.63, 3.8) is 0 Å². The number of amides is 1. The molecule has 0 spiro atoms. The summed E-state index contributed by atoms with van der Waals surface area (Å²) >= 11 is 0. The summed E-state index contributed by atoms with van der Waals surface area (Å²) in [4.78, 5) is 14.1. The third-order valence-corrected chi connectivity index (χ3v) is 3.92. The van der Waals surface area contributed by atoms with Crippen molar-refractivity contribution in [2.45, 2.75) is 38.1 Å². The van der Waals surface area contributed by atoms with Crippen LogP contribution in [0, 0.1) is 0 Å². The van der Waals surface area contributed by atoms with E-state index in [9.17, 15) is 4.79 Å². The topological polar surface area (TPSA) is 53.6 Å². The Morgan fingerprint density at radius 3 is 2.67 bits per heavy atom. The van der Waals surface area contributed by atoms with Gasteiger partial charge in [-0.05, 0) is 38.8 Å². The molecule has 0 radical (unpaired) electrons. The van der Waals surface area contributed by atoms with Crippen molar-refractivity contribution in [1.82, 2.24) is 15.5 Å². The molecule has 0 aromatic carbocycles. The van der Waals surface area contributed by atoms with Gasteiger partial charge in [0.1, 0.15) is 0 Å². The van der Waals surface area contributed by atoms with Crippen molar-refractivity contribution >= 4 is 30.7 Å². The van der Waals surface area contributed by atoms with Gasteiger partial charge in [-0.1, -0.05) is 0 Å². The monoisotopic (exact) mass is 341 g/mol. The molecule has 2 aliphatic rings. The minimum absolute atomic E-state index is 0. The van der Waals surface area contributed by atoms with Gasteiger partial charge in [-0.3, -0.25) is 9.69 Å². The molecule has 2 heterocycles. The van der Waals surface area contributed by atoms with Gasteiger partial charge in [0.15, 0.2) is 0 Å². The molecule has 2 N–H and O–H groups in total. The Bertz CT molecular complexity index is 271. The first-order chi connectivity index (χ1) is 9.34. The van der Waals surface area contributed by atoms with Crippen molar-refractivity contribution in [3.05, 3.63) is 0 Å². The minimum atomic E-state index is 0. The molecular formula is C14H29Cl2N3O2. The number of halogens is 2. The van der Waals surface area contributed by atoms with Gasteiger partial charge in [0.2, 0.25) is 5.91 Å². The number of carbonyl (C=O) groups excluding carboxylic acids is 1. The molecule has 21 heavy (non-hydrogen) atoms. The maximum Gasteiger partial charge on any atom is 0.221 e. The number of rotatable bonds is 7. The van der Waals surface area contributed by atoms with Gasteiger partial charge in [-0.2, -0.15) is 0 Å². The predicted molar refractivity (Wildman–Crippen MR) is 89.6 cm³/mol.